The second kappa shape index (κ2) is 5.13. The molecule has 1 aromatic carbocycles. The van der Waals surface area contributed by atoms with E-state index in [1.54, 1.807) is 0 Å². The van der Waals surface area contributed by atoms with E-state index in [1.165, 1.54) is 18.0 Å². The standard InChI is InChI=1S/C12H11N3O3/c1-18-12(16)10-7-13-15(11(10)8-14-17)9-5-3-2-4-6-9/h2-8,17H,1H3/b14-8-. The molecule has 1 heterocycles. The van der Waals surface area contributed by atoms with Gasteiger partial charge < -0.3 is 9.94 Å². The van der Waals surface area contributed by atoms with Crippen molar-refractivity contribution >= 4 is 12.2 Å². The molecule has 0 aliphatic carbocycles. The van der Waals surface area contributed by atoms with E-state index in [0.29, 0.717) is 5.69 Å². The number of benzene rings is 1. The van der Waals surface area contributed by atoms with Crippen molar-refractivity contribution in [1.82, 2.24) is 9.78 Å². The summed E-state index contributed by atoms with van der Waals surface area (Å²) in [5.41, 5.74) is 1.34. The Balaban J connectivity index is 2.56. The van der Waals surface area contributed by atoms with E-state index >= 15 is 0 Å². The Kier molecular flexibility index (Phi) is 3.38. The van der Waals surface area contributed by atoms with Crippen molar-refractivity contribution in [2.45, 2.75) is 0 Å². The Morgan fingerprint density at radius 2 is 2.17 bits per heavy atom. The summed E-state index contributed by atoms with van der Waals surface area (Å²) in [6, 6.07) is 9.20. The lowest BCUT2D eigenvalue weighted by molar-refractivity contribution is 0.0600. The second-order valence-corrected chi connectivity index (χ2v) is 3.43. The van der Waals surface area contributed by atoms with Gasteiger partial charge in [0.05, 0.1) is 25.2 Å². The van der Waals surface area contributed by atoms with Crippen LogP contribution in [0.4, 0.5) is 0 Å². The summed E-state index contributed by atoms with van der Waals surface area (Å²) in [6.07, 6.45) is 2.52. The van der Waals surface area contributed by atoms with Crippen LogP contribution in [0.1, 0.15) is 16.1 Å². The zero-order valence-electron chi connectivity index (χ0n) is 9.65. The highest BCUT2D eigenvalue weighted by molar-refractivity contribution is 5.98. The highest BCUT2D eigenvalue weighted by atomic mass is 16.5. The fraction of sp³-hybridized carbons (Fsp3) is 0.0833. The number of oxime groups is 1. The van der Waals surface area contributed by atoms with Crippen LogP contribution in [0.3, 0.4) is 0 Å². The van der Waals surface area contributed by atoms with E-state index in [1.807, 2.05) is 30.3 Å². The van der Waals surface area contributed by atoms with Gasteiger partial charge in [0, 0.05) is 0 Å². The molecule has 0 atom stereocenters. The number of rotatable bonds is 3. The molecule has 0 spiro atoms. The van der Waals surface area contributed by atoms with Crippen molar-refractivity contribution in [2.75, 3.05) is 7.11 Å². The molecular weight excluding hydrogens is 234 g/mol. The van der Waals surface area contributed by atoms with Crippen molar-refractivity contribution in [2.24, 2.45) is 5.16 Å². The third-order valence-corrected chi connectivity index (χ3v) is 2.39. The van der Waals surface area contributed by atoms with Crippen LogP contribution >= 0.6 is 0 Å². The van der Waals surface area contributed by atoms with Crippen molar-refractivity contribution in [1.29, 1.82) is 0 Å². The number of esters is 1. The summed E-state index contributed by atoms with van der Waals surface area (Å²) in [4.78, 5) is 11.5. The van der Waals surface area contributed by atoms with Gasteiger partial charge in [-0.3, -0.25) is 0 Å². The van der Waals surface area contributed by atoms with Gasteiger partial charge in [0.2, 0.25) is 0 Å². The van der Waals surface area contributed by atoms with Gasteiger partial charge >= 0.3 is 5.97 Å². The Labute approximate surface area is 103 Å². The van der Waals surface area contributed by atoms with Crippen LogP contribution in [-0.4, -0.2) is 34.3 Å². The van der Waals surface area contributed by atoms with Gasteiger partial charge in [0.15, 0.2) is 0 Å². The molecule has 92 valence electrons. The highest BCUT2D eigenvalue weighted by Gasteiger charge is 2.17. The minimum atomic E-state index is -0.535. The first kappa shape index (κ1) is 11.8. The summed E-state index contributed by atoms with van der Waals surface area (Å²) >= 11 is 0. The van der Waals surface area contributed by atoms with Crippen LogP contribution < -0.4 is 0 Å². The van der Waals surface area contributed by atoms with Gasteiger partial charge in [-0.2, -0.15) is 5.10 Å². The molecule has 0 radical (unpaired) electrons. The third kappa shape index (κ3) is 2.08. The van der Waals surface area contributed by atoms with Gasteiger partial charge in [-0.1, -0.05) is 23.4 Å². The molecule has 6 heteroatoms. The molecule has 18 heavy (non-hydrogen) atoms. The first-order chi connectivity index (χ1) is 8.77. The molecule has 1 aromatic heterocycles. The number of carbonyl (C=O) groups excluding carboxylic acids is 1. The fourth-order valence-electron chi connectivity index (χ4n) is 1.58. The number of hydrogen-bond acceptors (Lipinski definition) is 5. The number of aromatic nitrogens is 2. The third-order valence-electron chi connectivity index (χ3n) is 2.39. The van der Waals surface area contributed by atoms with Crippen molar-refractivity contribution in [3.8, 4) is 5.69 Å². The monoisotopic (exact) mass is 245 g/mol. The summed E-state index contributed by atoms with van der Waals surface area (Å²) < 4.78 is 6.13. The largest absolute Gasteiger partial charge is 0.465 e. The van der Waals surface area contributed by atoms with Crippen molar-refractivity contribution in [3.05, 3.63) is 47.8 Å². The maximum Gasteiger partial charge on any atom is 0.341 e. The van der Waals surface area contributed by atoms with E-state index in [-0.39, 0.29) is 5.56 Å². The van der Waals surface area contributed by atoms with E-state index in [0.717, 1.165) is 11.9 Å². The average Bonchev–Trinajstić information content (AvgIpc) is 2.83. The van der Waals surface area contributed by atoms with Crippen molar-refractivity contribution < 1.29 is 14.7 Å². The number of ether oxygens (including phenoxy) is 1. The highest BCUT2D eigenvalue weighted by Crippen LogP contribution is 2.14. The number of carbonyl (C=O) groups is 1. The maximum atomic E-state index is 11.5. The number of methoxy groups -OCH3 is 1. The Morgan fingerprint density at radius 3 is 2.78 bits per heavy atom. The average molecular weight is 245 g/mol. The lowest BCUT2D eigenvalue weighted by Gasteiger charge is -2.04. The smallest absolute Gasteiger partial charge is 0.341 e. The Morgan fingerprint density at radius 1 is 1.44 bits per heavy atom. The quantitative estimate of drug-likeness (QED) is 0.384. The minimum absolute atomic E-state index is 0.235. The zero-order chi connectivity index (χ0) is 13.0. The molecule has 1 N–H and O–H groups in total. The van der Waals surface area contributed by atoms with E-state index in [4.69, 9.17) is 5.21 Å². The van der Waals surface area contributed by atoms with Crippen LogP contribution in [0.15, 0.2) is 41.7 Å². The predicted molar refractivity (Wildman–Crippen MR) is 64.3 cm³/mol. The lowest BCUT2D eigenvalue weighted by atomic mass is 10.2. The van der Waals surface area contributed by atoms with Crippen LogP contribution in [0.2, 0.25) is 0 Å². The molecule has 0 amide bonds. The van der Waals surface area contributed by atoms with E-state index in [9.17, 15) is 4.79 Å². The maximum absolute atomic E-state index is 11.5. The Hall–Kier alpha value is -2.63. The summed E-state index contributed by atoms with van der Waals surface area (Å²) in [7, 11) is 1.28. The molecule has 6 nitrogen and oxygen atoms in total. The summed E-state index contributed by atoms with van der Waals surface area (Å²) in [6.45, 7) is 0. The van der Waals surface area contributed by atoms with Gasteiger partial charge in [0.25, 0.3) is 0 Å². The first-order valence-electron chi connectivity index (χ1n) is 5.17. The Bertz CT molecular complexity index is 576. The first-order valence-corrected chi connectivity index (χ1v) is 5.17. The topological polar surface area (TPSA) is 76.7 Å². The zero-order valence-corrected chi connectivity index (χ0v) is 9.65. The van der Waals surface area contributed by atoms with Crippen LogP contribution in [0, 0.1) is 0 Å². The van der Waals surface area contributed by atoms with Gasteiger partial charge in [-0.15, -0.1) is 0 Å². The number of para-hydroxylation sites is 1. The number of nitrogens with zero attached hydrogens (tertiary/aromatic N) is 3. The van der Waals surface area contributed by atoms with Gasteiger partial charge in [0.1, 0.15) is 11.3 Å². The molecular formula is C12H11N3O3. The van der Waals surface area contributed by atoms with Crippen LogP contribution in [-0.2, 0) is 4.74 Å². The summed E-state index contributed by atoms with van der Waals surface area (Å²) in [5.74, 6) is -0.535. The van der Waals surface area contributed by atoms with Gasteiger partial charge in [-0.05, 0) is 12.1 Å². The molecule has 0 unspecified atom stereocenters. The second-order valence-electron chi connectivity index (χ2n) is 3.43. The van der Waals surface area contributed by atoms with Crippen molar-refractivity contribution in [3.63, 3.8) is 0 Å². The van der Waals surface area contributed by atoms with Crippen LogP contribution in [0.25, 0.3) is 5.69 Å². The molecule has 0 aliphatic heterocycles. The van der Waals surface area contributed by atoms with E-state index in [2.05, 4.69) is 15.0 Å². The normalized spacial score (nSPS) is 10.7. The molecule has 0 saturated carbocycles. The molecule has 0 aliphatic rings. The molecule has 2 rings (SSSR count). The molecule has 0 fully saturated rings. The molecule has 0 bridgehead atoms. The number of hydrogen-bond donors (Lipinski definition) is 1. The lowest BCUT2D eigenvalue weighted by Crippen LogP contribution is -2.07. The SMILES string of the molecule is COC(=O)c1cnn(-c2ccccc2)c1/C=N\O. The molecule has 2 aromatic rings. The summed E-state index contributed by atoms with van der Waals surface area (Å²) in [5, 5.41) is 15.7. The van der Waals surface area contributed by atoms with E-state index < -0.39 is 5.97 Å². The molecule has 0 saturated heterocycles. The fourth-order valence-corrected chi connectivity index (χ4v) is 1.58. The van der Waals surface area contributed by atoms with Crippen LogP contribution in [0.5, 0.6) is 0 Å². The minimum Gasteiger partial charge on any atom is -0.465 e. The predicted octanol–water partition coefficient (Wildman–Crippen LogP) is 1.47. The van der Waals surface area contributed by atoms with Gasteiger partial charge in [-0.25, -0.2) is 9.48 Å².